The second kappa shape index (κ2) is 10.5. The van der Waals surface area contributed by atoms with E-state index in [0.717, 1.165) is 6.07 Å². The lowest BCUT2D eigenvalue weighted by Gasteiger charge is -2.35. The van der Waals surface area contributed by atoms with E-state index in [1.54, 1.807) is 37.3 Å². The Bertz CT molecular complexity index is 1780. The number of amides is 1. The topological polar surface area (TPSA) is 106 Å². The van der Waals surface area contributed by atoms with Crippen LogP contribution in [0.5, 0.6) is 0 Å². The number of pyridine rings is 1. The number of piperazine rings is 1. The van der Waals surface area contributed by atoms with Gasteiger partial charge in [-0.15, -0.1) is 5.92 Å². The van der Waals surface area contributed by atoms with Crippen LogP contribution in [-0.4, -0.2) is 52.2 Å². The third-order valence-corrected chi connectivity index (χ3v) is 6.29. The Kier molecular flexibility index (Phi) is 6.15. The van der Waals surface area contributed by atoms with Gasteiger partial charge < -0.3 is 9.80 Å². The number of fused-ring (bicyclic) bond motifs is 1. The predicted molar refractivity (Wildman–Crippen MR) is 141 cm³/mol. The number of aromatic amines is 1. The first kappa shape index (κ1) is 22.2. The first-order chi connectivity index (χ1) is 19.2. The highest BCUT2D eigenvalue weighted by molar-refractivity contribution is 5.95. The maximum Gasteiger partial charge on any atom is 0.272 e. The molecule has 1 N–H and O–H groups in total. The highest BCUT2D eigenvalue weighted by Gasteiger charge is 2.25. The summed E-state index contributed by atoms with van der Waals surface area (Å²) in [7, 11) is 0. The zero-order valence-electron chi connectivity index (χ0n) is 22.5. The molecule has 3 heterocycles. The highest BCUT2D eigenvalue weighted by atomic mass is 19.1. The molecule has 0 atom stereocenters. The summed E-state index contributed by atoms with van der Waals surface area (Å²) in [6.07, 6.45) is -0.788. The Labute approximate surface area is 221 Å². The number of anilines is 1. The molecule has 1 saturated heterocycles. The molecule has 38 heavy (non-hydrogen) atoms. The molecule has 0 unspecified atom stereocenters. The Morgan fingerprint density at radius 2 is 1.89 bits per heavy atom. The van der Waals surface area contributed by atoms with Crippen LogP contribution in [0, 0.1) is 29.0 Å². The Hall–Kier alpha value is -5.02. The molecule has 0 spiro atoms. The van der Waals surface area contributed by atoms with Gasteiger partial charge in [0.15, 0.2) is 0 Å². The molecule has 0 saturated carbocycles. The monoisotopic (exact) mass is 508 g/mol. The molecule has 0 bridgehead atoms. The summed E-state index contributed by atoms with van der Waals surface area (Å²) in [5.74, 6) is 5.03. The van der Waals surface area contributed by atoms with Gasteiger partial charge in [0, 0.05) is 52.4 Å². The van der Waals surface area contributed by atoms with Gasteiger partial charge in [0.05, 0.1) is 22.2 Å². The van der Waals surface area contributed by atoms with Crippen LogP contribution in [0.2, 0.25) is 0 Å². The van der Waals surface area contributed by atoms with Gasteiger partial charge in [-0.25, -0.2) is 14.5 Å². The molecule has 1 amide bonds. The molecule has 2 aromatic carbocycles. The predicted octanol–water partition coefficient (Wildman–Crippen LogP) is 3.25. The number of nitrogens with one attached hydrogen (secondary N) is 1. The summed E-state index contributed by atoms with van der Waals surface area (Å²) in [6, 6.07) is 13.8. The van der Waals surface area contributed by atoms with Crippen molar-refractivity contribution in [3.05, 3.63) is 98.8 Å². The number of hydrogen-bond donors (Lipinski definition) is 1. The van der Waals surface area contributed by atoms with Crippen LogP contribution in [-0.2, 0) is 6.37 Å². The van der Waals surface area contributed by atoms with Crippen molar-refractivity contribution in [3.8, 4) is 17.9 Å². The first-order valence-electron chi connectivity index (χ1n) is 12.9. The number of rotatable bonds is 4. The number of benzene rings is 2. The van der Waals surface area contributed by atoms with E-state index in [9.17, 15) is 14.0 Å². The van der Waals surface area contributed by atoms with Gasteiger partial charge in [0.2, 0.25) is 0 Å². The number of carbonyl (C=O) groups excluding carboxylic acids is 1. The molecule has 1 fully saturated rings. The molecule has 8 nitrogen and oxygen atoms in total. The molecule has 188 valence electrons. The average Bonchev–Trinajstić information content (AvgIpc) is 2.97. The van der Waals surface area contributed by atoms with Crippen molar-refractivity contribution in [2.24, 2.45) is 0 Å². The van der Waals surface area contributed by atoms with E-state index in [1.807, 2.05) is 11.0 Å². The second-order valence-corrected chi connectivity index (χ2v) is 8.65. The molecular formula is C29H23FN6O2. The summed E-state index contributed by atoms with van der Waals surface area (Å²) >= 11 is 0. The van der Waals surface area contributed by atoms with Crippen LogP contribution in [0.15, 0.2) is 59.5 Å². The minimum atomic E-state index is -2.27. The fourth-order valence-corrected chi connectivity index (χ4v) is 4.33. The molecule has 0 aliphatic carbocycles. The number of H-pyrrole nitrogens is 1. The smallest absolute Gasteiger partial charge is 0.272 e. The standard InChI is InChI=1S/C29H23FN6O2/c1-2-3-19-4-7-22-23(14-19)26(33-34-28(22)37)16-20-5-8-25(30)24(15-20)29(38)36-12-10-35(11-13-36)27-9-6-21(17-31)18-32-27/h4-9,14-15,18H,10-13,16H2,1H3,(H,34,37)/i16D2. The van der Waals surface area contributed by atoms with E-state index in [4.69, 9.17) is 8.00 Å². The maximum atomic E-state index is 14.9. The summed E-state index contributed by atoms with van der Waals surface area (Å²) in [5.41, 5.74) is 0.257. The van der Waals surface area contributed by atoms with Crippen LogP contribution >= 0.6 is 0 Å². The van der Waals surface area contributed by atoms with Crippen LogP contribution in [0.3, 0.4) is 0 Å². The lowest BCUT2D eigenvalue weighted by atomic mass is 10.0. The quantitative estimate of drug-likeness (QED) is 0.424. The number of halogens is 1. The van der Waals surface area contributed by atoms with Gasteiger partial charge in [0.25, 0.3) is 11.5 Å². The summed E-state index contributed by atoms with van der Waals surface area (Å²) < 4.78 is 32.7. The van der Waals surface area contributed by atoms with Gasteiger partial charge >= 0.3 is 0 Å². The van der Waals surface area contributed by atoms with Crippen LogP contribution in [0.1, 0.15) is 42.4 Å². The largest absolute Gasteiger partial charge is 0.353 e. The molecule has 1 aliphatic rings. The zero-order chi connectivity index (χ0) is 28.4. The fraction of sp³-hybridized carbons (Fsp3) is 0.207. The highest BCUT2D eigenvalue weighted by Crippen LogP contribution is 2.22. The van der Waals surface area contributed by atoms with Crippen molar-refractivity contribution >= 4 is 22.5 Å². The number of nitrogens with zero attached hydrogens (tertiary/aromatic N) is 5. The molecule has 5 rings (SSSR count). The minimum absolute atomic E-state index is 0.0190. The number of hydrogen-bond acceptors (Lipinski definition) is 6. The van der Waals surface area contributed by atoms with Gasteiger partial charge in [-0.05, 0) is 55.0 Å². The zero-order valence-corrected chi connectivity index (χ0v) is 20.5. The molecular weight excluding hydrogens is 483 g/mol. The van der Waals surface area contributed by atoms with E-state index < -0.39 is 23.7 Å². The van der Waals surface area contributed by atoms with Crippen molar-refractivity contribution < 1.29 is 11.9 Å². The normalized spacial score (nSPS) is 14.2. The third kappa shape index (κ3) is 4.95. The third-order valence-electron chi connectivity index (χ3n) is 6.29. The second-order valence-electron chi connectivity index (χ2n) is 8.65. The maximum absolute atomic E-state index is 14.9. The summed E-state index contributed by atoms with van der Waals surface area (Å²) in [5, 5.41) is 15.8. The molecule has 1 aliphatic heterocycles. The summed E-state index contributed by atoms with van der Waals surface area (Å²) in [4.78, 5) is 33.5. The first-order valence-corrected chi connectivity index (χ1v) is 11.9. The fourth-order valence-electron chi connectivity index (χ4n) is 4.33. The summed E-state index contributed by atoms with van der Waals surface area (Å²) in [6.45, 7) is 3.21. The van der Waals surface area contributed by atoms with Gasteiger partial charge in [-0.1, -0.05) is 12.0 Å². The van der Waals surface area contributed by atoms with E-state index in [0.29, 0.717) is 43.1 Å². The Morgan fingerprint density at radius 1 is 1.11 bits per heavy atom. The number of nitriles is 1. The molecule has 2 aromatic heterocycles. The number of carbonyl (C=O) groups is 1. The number of aromatic nitrogens is 3. The van der Waals surface area contributed by atoms with Crippen molar-refractivity contribution in [2.45, 2.75) is 13.3 Å². The van der Waals surface area contributed by atoms with Crippen molar-refractivity contribution in [1.29, 1.82) is 5.26 Å². The van der Waals surface area contributed by atoms with E-state index in [-0.39, 0.29) is 27.6 Å². The average molecular weight is 509 g/mol. The van der Waals surface area contributed by atoms with E-state index in [2.05, 4.69) is 27.0 Å². The van der Waals surface area contributed by atoms with Gasteiger partial charge in [0.1, 0.15) is 17.7 Å². The van der Waals surface area contributed by atoms with Crippen LogP contribution in [0.25, 0.3) is 10.8 Å². The molecule has 0 radical (unpaired) electrons. The van der Waals surface area contributed by atoms with E-state index in [1.165, 1.54) is 23.2 Å². The lowest BCUT2D eigenvalue weighted by molar-refractivity contribution is 0.0741. The van der Waals surface area contributed by atoms with E-state index >= 15 is 0 Å². The Balaban J connectivity index is 1.43. The molecule has 4 aromatic rings. The van der Waals surface area contributed by atoms with Crippen LogP contribution in [0.4, 0.5) is 10.2 Å². The van der Waals surface area contributed by atoms with Crippen LogP contribution < -0.4 is 10.5 Å². The lowest BCUT2D eigenvalue weighted by Crippen LogP contribution is -2.49. The minimum Gasteiger partial charge on any atom is -0.353 e. The van der Waals surface area contributed by atoms with Gasteiger partial charge in [-0.3, -0.25) is 9.59 Å². The van der Waals surface area contributed by atoms with Crippen molar-refractivity contribution in [2.75, 3.05) is 31.1 Å². The van der Waals surface area contributed by atoms with Gasteiger partial charge in [-0.2, -0.15) is 10.4 Å². The van der Waals surface area contributed by atoms with Crippen molar-refractivity contribution in [3.63, 3.8) is 0 Å². The Morgan fingerprint density at radius 3 is 2.61 bits per heavy atom. The SMILES string of the molecule is [2H]C([2H])(c1ccc(F)c(C(=O)N2CCN(c3ccc(C#N)cn3)CC2)c1)c1n[nH]c(=O)c2ccc(C#CC)cc12. The molecule has 9 heteroatoms. The van der Waals surface area contributed by atoms with Crippen molar-refractivity contribution in [1.82, 2.24) is 20.1 Å².